The van der Waals surface area contributed by atoms with Gasteiger partial charge in [0.1, 0.15) is 0 Å². The first-order chi connectivity index (χ1) is 7.66. The Hall–Kier alpha value is 0.860. The van der Waals surface area contributed by atoms with Crippen molar-refractivity contribution in [3.63, 3.8) is 0 Å². The maximum Gasteiger partial charge on any atom is 0.0138 e. The zero-order valence-corrected chi connectivity index (χ0v) is 12.5. The fourth-order valence-corrected chi connectivity index (χ4v) is 18.1. The molecule has 2 saturated carbocycles. The first-order valence-corrected chi connectivity index (χ1v) is 10.9. The Morgan fingerprint density at radius 2 is 1.00 bits per heavy atom. The molecule has 0 aromatic heterocycles. The van der Waals surface area contributed by atoms with Crippen LogP contribution in [0.2, 0.25) is 0 Å². The van der Waals surface area contributed by atoms with Crippen molar-refractivity contribution < 1.29 is 0 Å². The minimum Gasteiger partial charge on any atom is -0.0627 e. The van der Waals surface area contributed by atoms with Crippen LogP contribution in [0.4, 0.5) is 0 Å². The van der Waals surface area contributed by atoms with E-state index in [0.29, 0.717) is 15.2 Å². The fraction of sp³-hybridized carbons (Fsp3) is 1.00. The van der Waals surface area contributed by atoms with E-state index in [-0.39, 0.29) is 0 Å². The number of hydrogen-bond donors (Lipinski definition) is 0. The van der Waals surface area contributed by atoms with Crippen molar-refractivity contribution >= 4 is 15.2 Å². The van der Waals surface area contributed by atoms with Gasteiger partial charge in [0, 0.05) is 10.8 Å². The Bertz CT molecular complexity index is 273. The van der Waals surface area contributed by atoms with Gasteiger partial charge >= 0.3 is 0 Å². The predicted octanol–water partition coefficient (Wildman–Crippen LogP) is 5.71. The van der Waals surface area contributed by atoms with Crippen LogP contribution in [0, 0.1) is 10.8 Å². The molecule has 4 fully saturated rings. The fourth-order valence-electron chi connectivity index (χ4n) is 4.75. The third-order valence-electron chi connectivity index (χ3n) is 5.90. The van der Waals surface area contributed by atoms with Crippen molar-refractivity contribution in [1.29, 1.82) is 0 Å². The van der Waals surface area contributed by atoms with E-state index in [0.717, 1.165) is 10.8 Å². The van der Waals surface area contributed by atoms with Gasteiger partial charge in [-0.3, -0.25) is 0 Å². The molecular formula is C14H24P2. The number of hydrogen-bond acceptors (Lipinski definition) is 0. The molecule has 0 radical (unpaired) electrons. The lowest BCUT2D eigenvalue weighted by Gasteiger charge is -2.34. The lowest BCUT2D eigenvalue weighted by molar-refractivity contribution is 0.347. The summed E-state index contributed by atoms with van der Waals surface area (Å²) < 4.78 is 0. The van der Waals surface area contributed by atoms with Gasteiger partial charge in [-0.25, -0.2) is 0 Å². The second-order valence-electron chi connectivity index (χ2n) is 7.23. The van der Waals surface area contributed by atoms with Crippen LogP contribution < -0.4 is 0 Å². The van der Waals surface area contributed by atoms with Gasteiger partial charge in [0.2, 0.25) is 0 Å². The Labute approximate surface area is 102 Å². The predicted molar refractivity (Wildman–Crippen MR) is 74.6 cm³/mol. The van der Waals surface area contributed by atoms with Gasteiger partial charge in [0.15, 0.2) is 0 Å². The lowest BCUT2D eigenvalue weighted by Crippen LogP contribution is -2.27. The summed E-state index contributed by atoms with van der Waals surface area (Å²) in [5, 5.41) is 2.62. The summed E-state index contributed by atoms with van der Waals surface area (Å²) in [6.07, 6.45) is 12.5. The summed E-state index contributed by atoms with van der Waals surface area (Å²) >= 11 is 0. The van der Waals surface area contributed by atoms with E-state index >= 15 is 0 Å². The molecule has 0 N–H and O–H groups in total. The van der Waals surface area contributed by atoms with Gasteiger partial charge in [0.25, 0.3) is 0 Å². The van der Waals surface area contributed by atoms with Crippen molar-refractivity contribution in [1.82, 2.24) is 0 Å². The van der Waals surface area contributed by atoms with Crippen molar-refractivity contribution in [3.8, 4) is 0 Å². The van der Waals surface area contributed by atoms with Gasteiger partial charge < -0.3 is 0 Å². The molecule has 0 aromatic rings. The molecule has 2 aliphatic carbocycles. The second kappa shape index (κ2) is 3.24. The van der Waals surface area contributed by atoms with Crippen LogP contribution in [0.15, 0.2) is 0 Å². The van der Waals surface area contributed by atoms with Crippen molar-refractivity contribution in [3.05, 3.63) is 0 Å². The zero-order valence-electron chi connectivity index (χ0n) is 10.7. The maximum atomic E-state index is 2.63. The molecule has 0 amide bonds. The third kappa shape index (κ3) is 1.30. The summed E-state index contributed by atoms with van der Waals surface area (Å²) in [7, 11) is 1.23. The molecule has 4 rings (SSSR count). The molecule has 0 unspecified atom stereocenters. The van der Waals surface area contributed by atoms with Crippen molar-refractivity contribution in [2.45, 2.75) is 76.0 Å². The first-order valence-electron chi connectivity index (χ1n) is 7.22. The highest BCUT2D eigenvalue weighted by Crippen LogP contribution is 3.22. The van der Waals surface area contributed by atoms with Crippen molar-refractivity contribution in [2.24, 2.45) is 10.8 Å². The molecule has 0 bridgehead atoms. The highest BCUT2D eigenvalue weighted by Gasteiger charge is 2.80. The number of fused-ring (bicyclic) bond motifs is 1. The van der Waals surface area contributed by atoms with Crippen LogP contribution in [-0.4, -0.2) is 10.8 Å². The largest absolute Gasteiger partial charge is 0.0627 e. The molecular weight excluding hydrogens is 230 g/mol. The highest BCUT2D eigenvalue weighted by atomic mass is 32.2. The Kier molecular flexibility index (Phi) is 2.18. The minimum absolute atomic E-state index is 0.615. The molecule has 0 nitrogen and oxygen atoms in total. The van der Waals surface area contributed by atoms with E-state index in [4.69, 9.17) is 0 Å². The van der Waals surface area contributed by atoms with E-state index in [1.54, 1.807) is 51.4 Å². The topological polar surface area (TPSA) is 0 Å². The molecule has 90 valence electrons. The van der Waals surface area contributed by atoms with E-state index in [1.165, 1.54) is 10.8 Å². The van der Waals surface area contributed by atoms with Crippen LogP contribution in [0.5, 0.6) is 0 Å². The summed E-state index contributed by atoms with van der Waals surface area (Å²) in [5.74, 6) is 0. The smallest absolute Gasteiger partial charge is 0.0138 e. The average molecular weight is 254 g/mol. The van der Waals surface area contributed by atoms with Crippen LogP contribution in [0.25, 0.3) is 0 Å². The molecule has 16 heavy (non-hydrogen) atoms. The normalized spacial score (nSPS) is 51.4. The Balaban J connectivity index is 1.43. The SMILES string of the molecule is CC1(C2P3C(C4(C)CCCC4)P23)CCCC1. The lowest BCUT2D eigenvalue weighted by atomic mass is 9.90. The van der Waals surface area contributed by atoms with Gasteiger partial charge in [-0.05, 0) is 36.5 Å². The van der Waals surface area contributed by atoms with E-state index in [1.807, 2.05) is 0 Å². The molecule has 4 aliphatic rings. The summed E-state index contributed by atoms with van der Waals surface area (Å²) in [4.78, 5) is 0. The molecule has 0 aromatic carbocycles. The van der Waals surface area contributed by atoms with E-state index in [2.05, 4.69) is 13.8 Å². The van der Waals surface area contributed by atoms with Crippen LogP contribution >= 0.6 is 15.2 Å². The van der Waals surface area contributed by atoms with Gasteiger partial charge in [-0.1, -0.05) is 54.8 Å². The standard InChI is InChI=1S/C14H24P2/c1-13(7-3-4-8-13)11-15-12(16(11)15)14(2)9-5-6-10-14/h11-12H,3-10H2,1-2H3. The quantitative estimate of drug-likeness (QED) is 0.554. The van der Waals surface area contributed by atoms with Crippen molar-refractivity contribution in [2.75, 3.05) is 0 Å². The molecule has 2 saturated heterocycles. The molecule has 0 spiro atoms. The highest BCUT2D eigenvalue weighted by molar-refractivity contribution is 8.62. The van der Waals surface area contributed by atoms with E-state index < -0.39 is 0 Å². The van der Waals surface area contributed by atoms with Gasteiger partial charge in [-0.15, -0.1) is 0 Å². The molecule has 2 heterocycles. The monoisotopic (exact) mass is 254 g/mol. The molecule has 2 aliphatic heterocycles. The summed E-state index contributed by atoms with van der Waals surface area (Å²) in [5.41, 5.74) is 1.70. The number of rotatable bonds is 2. The average Bonchev–Trinajstić information content (AvgIpc) is 3.03. The van der Waals surface area contributed by atoms with Crippen LogP contribution in [0.3, 0.4) is 0 Å². The Morgan fingerprint density at radius 1 is 0.688 bits per heavy atom. The molecule has 2 heteroatoms. The zero-order chi connectivity index (χ0) is 11.0. The van der Waals surface area contributed by atoms with Crippen LogP contribution in [0.1, 0.15) is 65.2 Å². The maximum absolute atomic E-state index is 2.63. The van der Waals surface area contributed by atoms with Gasteiger partial charge in [0.05, 0.1) is 0 Å². The first kappa shape index (κ1) is 10.8. The third-order valence-corrected chi connectivity index (χ3v) is 15.9. The van der Waals surface area contributed by atoms with E-state index in [9.17, 15) is 0 Å². The van der Waals surface area contributed by atoms with Crippen LogP contribution in [-0.2, 0) is 0 Å². The van der Waals surface area contributed by atoms with Gasteiger partial charge in [-0.2, -0.15) is 0 Å². The Morgan fingerprint density at radius 3 is 1.31 bits per heavy atom. The summed E-state index contributed by atoms with van der Waals surface area (Å²) in [6.45, 7) is 5.27. The second-order valence-corrected chi connectivity index (χ2v) is 14.4. The minimum atomic E-state index is 0.615. The summed E-state index contributed by atoms with van der Waals surface area (Å²) in [6, 6.07) is 0. The molecule has 0 atom stereocenters.